The summed E-state index contributed by atoms with van der Waals surface area (Å²) in [4.78, 5) is 12.3. The standard InChI is InChI=1S/C21H15ClN2O3S/c22-15-7-5-13(6-8-15)18-10-9-16(26-18)12-23-21(28)24-20(25)19-11-14-3-1-2-4-17(14)27-19/h1-11H,12H2,(H2,23,24,25,28). The molecule has 0 aliphatic heterocycles. The van der Waals surface area contributed by atoms with Crippen LogP contribution in [0.5, 0.6) is 0 Å². The minimum atomic E-state index is -0.407. The molecule has 0 radical (unpaired) electrons. The van der Waals surface area contributed by atoms with Gasteiger partial charge in [0.25, 0.3) is 5.91 Å². The maximum absolute atomic E-state index is 12.3. The van der Waals surface area contributed by atoms with Gasteiger partial charge in [0.2, 0.25) is 0 Å². The van der Waals surface area contributed by atoms with Gasteiger partial charge in [0.15, 0.2) is 10.9 Å². The molecule has 2 aromatic carbocycles. The third kappa shape index (κ3) is 4.08. The first-order valence-electron chi connectivity index (χ1n) is 8.51. The summed E-state index contributed by atoms with van der Waals surface area (Å²) in [5.41, 5.74) is 1.58. The molecule has 0 aliphatic rings. The number of carbonyl (C=O) groups excluding carboxylic acids is 1. The quantitative estimate of drug-likeness (QED) is 0.455. The number of hydrogen-bond acceptors (Lipinski definition) is 4. The summed E-state index contributed by atoms with van der Waals surface area (Å²) < 4.78 is 11.3. The van der Waals surface area contributed by atoms with Gasteiger partial charge in [0, 0.05) is 16.0 Å². The lowest BCUT2D eigenvalue weighted by atomic mass is 10.2. The van der Waals surface area contributed by atoms with Crippen molar-refractivity contribution in [1.29, 1.82) is 0 Å². The van der Waals surface area contributed by atoms with Gasteiger partial charge in [-0.2, -0.15) is 0 Å². The second-order valence-electron chi connectivity index (χ2n) is 6.06. The molecular formula is C21H15ClN2O3S. The molecule has 0 spiro atoms. The Balaban J connectivity index is 1.34. The molecule has 5 nitrogen and oxygen atoms in total. The van der Waals surface area contributed by atoms with Crippen molar-refractivity contribution in [2.45, 2.75) is 6.54 Å². The third-order valence-corrected chi connectivity index (χ3v) is 4.59. The zero-order valence-corrected chi connectivity index (χ0v) is 16.1. The smallest absolute Gasteiger partial charge is 0.293 e. The van der Waals surface area contributed by atoms with Gasteiger partial charge in [-0.05, 0) is 60.7 Å². The molecule has 2 heterocycles. The summed E-state index contributed by atoms with van der Waals surface area (Å²) in [6.07, 6.45) is 0. The van der Waals surface area contributed by atoms with Crippen molar-refractivity contribution in [2.75, 3.05) is 0 Å². The van der Waals surface area contributed by atoms with Crippen LogP contribution in [-0.2, 0) is 6.54 Å². The number of benzene rings is 2. The summed E-state index contributed by atoms with van der Waals surface area (Å²) in [7, 11) is 0. The first-order valence-corrected chi connectivity index (χ1v) is 9.29. The van der Waals surface area contributed by atoms with E-state index in [1.165, 1.54) is 0 Å². The van der Waals surface area contributed by atoms with Crippen molar-refractivity contribution in [2.24, 2.45) is 0 Å². The number of thiocarbonyl (C=S) groups is 1. The van der Waals surface area contributed by atoms with Crippen molar-refractivity contribution in [3.05, 3.63) is 83.3 Å². The first kappa shape index (κ1) is 18.3. The van der Waals surface area contributed by atoms with Gasteiger partial charge in [0.05, 0.1) is 6.54 Å². The molecule has 0 saturated heterocycles. The Morgan fingerprint density at radius 1 is 1.00 bits per heavy atom. The molecule has 0 bridgehead atoms. The average molecular weight is 411 g/mol. The molecular weight excluding hydrogens is 396 g/mol. The Bertz CT molecular complexity index is 1110. The predicted octanol–water partition coefficient (Wildman–Crippen LogP) is 5.15. The van der Waals surface area contributed by atoms with Gasteiger partial charge in [-0.1, -0.05) is 29.8 Å². The molecule has 4 aromatic rings. The SMILES string of the molecule is O=C(NC(=S)NCc1ccc(-c2ccc(Cl)cc2)o1)c1cc2ccccc2o1. The maximum Gasteiger partial charge on any atom is 0.293 e. The first-order chi connectivity index (χ1) is 13.6. The van der Waals surface area contributed by atoms with Crippen LogP contribution < -0.4 is 10.6 Å². The molecule has 0 fully saturated rings. The fraction of sp³-hybridized carbons (Fsp3) is 0.0476. The lowest BCUT2D eigenvalue weighted by Gasteiger charge is -2.07. The van der Waals surface area contributed by atoms with Crippen LogP contribution in [0.3, 0.4) is 0 Å². The molecule has 0 unspecified atom stereocenters. The van der Waals surface area contributed by atoms with Gasteiger partial charge >= 0.3 is 0 Å². The molecule has 4 rings (SSSR count). The van der Waals surface area contributed by atoms with Crippen LogP contribution in [0.2, 0.25) is 5.02 Å². The molecule has 1 amide bonds. The Kier molecular flexibility index (Phi) is 5.14. The number of hydrogen-bond donors (Lipinski definition) is 2. The Morgan fingerprint density at radius 3 is 2.57 bits per heavy atom. The van der Waals surface area contributed by atoms with Crippen LogP contribution in [0.25, 0.3) is 22.3 Å². The highest BCUT2D eigenvalue weighted by molar-refractivity contribution is 7.80. The zero-order valence-electron chi connectivity index (χ0n) is 14.6. The van der Waals surface area contributed by atoms with Gasteiger partial charge in [0.1, 0.15) is 17.1 Å². The van der Waals surface area contributed by atoms with Gasteiger partial charge < -0.3 is 14.2 Å². The summed E-state index contributed by atoms with van der Waals surface area (Å²) in [5.74, 6) is 1.21. The second-order valence-corrected chi connectivity index (χ2v) is 6.90. The normalized spacial score (nSPS) is 10.8. The molecule has 2 N–H and O–H groups in total. The number of fused-ring (bicyclic) bond motifs is 1. The van der Waals surface area contributed by atoms with Crippen LogP contribution in [-0.4, -0.2) is 11.0 Å². The predicted molar refractivity (Wildman–Crippen MR) is 112 cm³/mol. The molecule has 7 heteroatoms. The van der Waals surface area contributed by atoms with Crippen LogP contribution in [0.1, 0.15) is 16.3 Å². The number of furan rings is 2. The lowest BCUT2D eigenvalue weighted by Crippen LogP contribution is -2.38. The third-order valence-electron chi connectivity index (χ3n) is 4.09. The number of nitrogens with one attached hydrogen (secondary N) is 2. The van der Waals surface area contributed by atoms with E-state index in [1.807, 2.05) is 42.5 Å². The van der Waals surface area contributed by atoms with E-state index >= 15 is 0 Å². The van der Waals surface area contributed by atoms with Crippen LogP contribution in [0.4, 0.5) is 0 Å². The van der Waals surface area contributed by atoms with Crippen molar-refractivity contribution >= 4 is 45.8 Å². The Labute approximate surface area is 171 Å². The molecule has 0 saturated carbocycles. The maximum atomic E-state index is 12.3. The van der Waals surface area contributed by atoms with E-state index in [4.69, 9.17) is 32.7 Å². The zero-order chi connectivity index (χ0) is 19.5. The summed E-state index contributed by atoms with van der Waals surface area (Å²) >= 11 is 11.1. The summed E-state index contributed by atoms with van der Waals surface area (Å²) in [6, 6.07) is 20.2. The van der Waals surface area contributed by atoms with Crippen molar-refractivity contribution < 1.29 is 13.6 Å². The van der Waals surface area contributed by atoms with E-state index < -0.39 is 5.91 Å². The fourth-order valence-electron chi connectivity index (χ4n) is 2.71. The Hall–Kier alpha value is -3.09. The number of amides is 1. The largest absolute Gasteiger partial charge is 0.459 e. The second kappa shape index (κ2) is 7.88. The Morgan fingerprint density at radius 2 is 1.79 bits per heavy atom. The van der Waals surface area contributed by atoms with Crippen molar-refractivity contribution in [3.63, 3.8) is 0 Å². The topological polar surface area (TPSA) is 67.4 Å². The number of halogens is 1. The molecule has 2 aromatic heterocycles. The fourth-order valence-corrected chi connectivity index (χ4v) is 3.00. The van der Waals surface area contributed by atoms with Gasteiger partial charge in [-0.3, -0.25) is 10.1 Å². The molecule has 0 atom stereocenters. The van der Waals surface area contributed by atoms with E-state index in [2.05, 4.69) is 10.6 Å². The number of rotatable bonds is 4. The highest BCUT2D eigenvalue weighted by Gasteiger charge is 2.13. The monoisotopic (exact) mass is 410 g/mol. The highest BCUT2D eigenvalue weighted by Crippen LogP contribution is 2.23. The lowest BCUT2D eigenvalue weighted by molar-refractivity contribution is 0.0951. The summed E-state index contributed by atoms with van der Waals surface area (Å²) in [6.45, 7) is 0.340. The molecule has 28 heavy (non-hydrogen) atoms. The minimum absolute atomic E-state index is 0.190. The van der Waals surface area contributed by atoms with E-state index in [9.17, 15) is 4.79 Å². The van der Waals surface area contributed by atoms with E-state index in [0.29, 0.717) is 22.9 Å². The number of carbonyl (C=O) groups is 1. The van der Waals surface area contributed by atoms with Crippen molar-refractivity contribution in [1.82, 2.24) is 10.6 Å². The van der Waals surface area contributed by atoms with Gasteiger partial charge in [-0.25, -0.2) is 0 Å². The average Bonchev–Trinajstić information content (AvgIpc) is 3.34. The van der Waals surface area contributed by atoms with Gasteiger partial charge in [-0.15, -0.1) is 0 Å². The van der Waals surface area contributed by atoms with E-state index in [0.717, 1.165) is 16.7 Å². The van der Waals surface area contributed by atoms with Crippen molar-refractivity contribution in [3.8, 4) is 11.3 Å². The van der Waals surface area contributed by atoms with Crippen LogP contribution in [0, 0.1) is 0 Å². The van der Waals surface area contributed by atoms with E-state index in [-0.39, 0.29) is 10.9 Å². The van der Waals surface area contributed by atoms with Crippen LogP contribution >= 0.6 is 23.8 Å². The minimum Gasteiger partial charge on any atom is -0.459 e. The van der Waals surface area contributed by atoms with E-state index in [1.54, 1.807) is 24.3 Å². The highest BCUT2D eigenvalue weighted by atomic mass is 35.5. The molecule has 140 valence electrons. The summed E-state index contributed by atoms with van der Waals surface area (Å²) in [5, 5.41) is 7.27. The van der Waals surface area contributed by atoms with Crippen LogP contribution in [0.15, 0.2) is 75.6 Å². The molecule has 0 aliphatic carbocycles. The number of para-hydroxylation sites is 1.